The first-order chi connectivity index (χ1) is 11.0. The summed E-state index contributed by atoms with van der Waals surface area (Å²) in [7, 11) is -2.10. The summed E-state index contributed by atoms with van der Waals surface area (Å²) in [5.74, 6) is -1.14. The summed E-state index contributed by atoms with van der Waals surface area (Å²) in [6.07, 6.45) is -0.925. The van der Waals surface area contributed by atoms with E-state index in [2.05, 4.69) is 33.9 Å². The molecule has 0 fully saturated rings. The molecule has 0 saturated carbocycles. The second kappa shape index (κ2) is 8.67. The molecule has 1 unspecified atom stereocenters. The Bertz CT molecular complexity index is 459. The van der Waals surface area contributed by atoms with E-state index in [0.717, 1.165) is 0 Å². The van der Waals surface area contributed by atoms with Gasteiger partial charge < -0.3 is 13.9 Å². The predicted molar refractivity (Wildman–Crippen MR) is 103 cm³/mol. The molecule has 5 nitrogen and oxygen atoms in total. The van der Waals surface area contributed by atoms with E-state index in [-0.39, 0.29) is 11.0 Å². The Kier molecular flexibility index (Phi) is 8.36. The van der Waals surface area contributed by atoms with E-state index in [1.165, 1.54) is 0 Å². The van der Waals surface area contributed by atoms with Crippen LogP contribution in [0, 0.1) is 5.92 Å². The molecule has 25 heavy (non-hydrogen) atoms. The summed E-state index contributed by atoms with van der Waals surface area (Å²) in [5, 5.41) is -0.0111. The number of carbonyl (C=O) groups is 2. The monoisotopic (exact) mass is 374 g/mol. The topological polar surface area (TPSA) is 61.8 Å². The van der Waals surface area contributed by atoms with Gasteiger partial charge in [-0.2, -0.15) is 0 Å². The highest BCUT2D eigenvalue weighted by Gasteiger charge is 2.41. The largest absolute Gasteiger partial charge is 0.457 e. The van der Waals surface area contributed by atoms with Crippen LogP contribution in [0.25, 0.3) is 0 Å². The third kappa shape index (κ3) is 7.90. The van der Waals surface area contributed by atoms with Crippen molar-refractivity contribution in [2.45, 2.75) is 105 Å². The van der Waals surface area contributed by atoms with E-state index in [1.807, 2.05) is 13.8 Å². The maximum atomic E-state index is 12.5. The molecule has 0 heterocycles. The van der Waals surface area contributed by atoms with Gasteiger partial charge in [0.25, 0.3) is 0 Å². The molecule has 0 spiro atoms. The average molecular weight is 375 g/mol. The zero-order chi connectivity index (χ0) is 20.2. The Balaban J connectivity index is 5.12. The molecular weight excluding hydrogens is 336 g/mol. The lowest BCUT2D eigenvalue weighted by Gasteiger charge is -2.38. The van der Waals surface area contributed by atoms with Crippen LogP contribution in [0.15, 0.2) is 0 Å². The Morgan fingerprint density at radius 1 is 0.960 bits per heavy atom. The second-order valence-electron chi connectivity index (χ2n) is 9.30. The summed E-state index contributed by atoms with van der Waals surface area (Å²) < 4.78 is 17.0. The SMILES string of the molecule is CCC(C)[C@H](OC(=O)[C@H](C)O[Si](C)(C)C(C)(C)C)C(=O)OC(C)(C)C. The third-order valence-corrected chi connectivity index (χ3v) is 9.21. The highest BCUT2D eigenvalue weighted by Crippen LogP contribution is 2.37. The van der Waals surface area contributed by atoms with Crippen LogP contribution in [0.2, 0.25) is 18.1 Å². The van der Waals surface area contributed by atoms with Crippen LogP contribution < -0.4 is 0 Å². The zero-order valence-electron chi connectivity index (χ0n) is 18.0. The Labute approximate surface area is 154 Å². The summed E-state index contributed by atoms with van der Waals surface area (Å²) in [4.78, 5) is 24.9. The third-order valence-electron chi connectivity index (χ3n) is 4.65. The van der Waals surface area contributed by atoms with Crippen molar-refractivity contribution in [1.82, 2.24) is 0 Å². The van der Waals surface area contributed by atoms with Crippen molar-refractivity contribution in [2.24, 2.45) is 5.92 Å². The minimum atomic E-state index is -2.10. The van der Waals surface area contributed by atoms with Crippen molar-refractivity contribution < 1.29 is 23.5 Å². The molecule has 0 aliphatic carbocycles. The summed E-state index contributed by atoms with van der Waals surface area (Å²) in [6, 6.07) is 0. The van der Waals surface area contributed by atoms with Crippen LogP contribution in [0.3, 0.4) is 0 Å². The van der Waals surface area contributed by atoms with Crippen molar-refractivity contribution in [1.29, 1.82) is 0 Å². The first kappa shape index (κ1) is 24.1. The fourth-order valence-electron chi connectivity index (χ4n) is 1.86. The molecule has 0 amide bonds. The van der Waals surface area contributed by atoms with E-state index >= 15 is 0 Å². The minimum Gasteiger partial charge on any atom is -0.457 e. The minimum absolute atomic E-state index is 0.0111. The highest BCUT2D eigenvalue weighted by molar-refractivity contribution is 6.74. The Morgan fingerprint density at radius 2 is 1.44 bits per heavy atom. The first-order valence-electron chi connectivity index (χ1n) is 9.13. The van der Waals surface area contributed by atoms with Gasteiger partial charge in [-0.1, -0.05) is 34.6 Å². The number of carbonyl (C=O) groups excluding carboxylic acids is 2. The van der Waals surface area contributed by atoms with Gasteiger partial charge in [-0.05, 0) is 52.2 Å². The normalized spacial score (nSPS) is 16.8. The molecule has 0 aliphatic heterocycles. The number of ether oxygens (including phenoxy) is 2. The maximum absolute atomic E-state index is 12.5. The first-order valence-corrected chi connectivity index (χ1v) is 12.0. The van der Waals surface area contributed by atoms with Gasteiger partial charge in [0.2, 0.25) is 6.10 Å². The molecule has 6 heteroatoms. The van der Waals surface area contributed by atoms with Gasteiger partial charge in [-0.25, -0.2) is 9.59 Å². The van der Waals surface area contributed by atoms with Crippen LogP contribution in [-0.4, -0.2) is 38.1 Å². The van der Waals surface area contributed by atoms with Crippen LogP contribution >= 0.6 is 0 Å². The van der Waals surface area contributed by atoms with Crippen molar-refractivity contribution in [3.05, 3.63) is 0 Å². The quantitative estimate of drug-likeness (QED) is 0.477. The van der Waals surface area contributed by atoms with Gasteiger partial charge >= 0.3 is 11.9 Å². The number of rotatable bonds is 7. The standard InChI is InChI=1S/C19H38O5Si/c1-12-13(2)15(17(21)23-18(4,5)6)22-16(20)14(3)24-25(10,11)19(7,8)9/h13-15H,12H2,1-11H3/t13?,14-,15-/m0/s1. The van der Waals surface area contributed by atoms with Gasteiger partial charge in [0, 0.05) is 5.92 Å². The summed E-state index contributed by atoms with van der Waals surface area (Å²) in [6.45, 7) is 21.4. The molecule has 0 aromatic heterocycles. The van der Waals surface area contributed by atoms with Gasteiger partial charge in [0.1, 0.15) is 11.7 Å². The molecular formula is C19H38O5Si. The molecule has 0 aliphatic rings. The lowest BCUT2D eigenvalue weighted by Crippen LogP contribution is -2.47. The number of hydrogen-bond acceptors (Lipinski definition) is 5. The Hall–Kier alpha value is -0.883. The van der Waals surface area contributed by atoms with Crippen LogP contribution in [0.4, 0.5) is 0 Å². The molecule has 0 aromatic carbocycles. The van der Waals surface area contributed by atoms with Crippen LogP contribution in [0.1, 0.15) is 68.7 Å². The van der Waals surface area contributed by atoms with E-state index in [9.17, 15) is 9.59 Å². The van der Waals surface area contributed by atoms with Crippen molar-refractivity contribution in [3.8, 4) is 0 Å². The molecule has 0 saturated heterocycles. The molecule has 0 bridgehead atoms. The molecule has 0 N–H and O–H groups in total. The summed E-state index contributed by atoms with van der Waals surface area (Å²) in [5.41, 5.74) is -0.627. The summed E-state index contributed by atoms with van der Waals surface area (Å²) >= 11 is 0. The lowest BCUT2D eigenvalue weighted by atomic mass is 10.0. The van der Waals surface area contributed by atoms with Crippen molar-refractivity contribution >= 4 is 20.3 Å². The highest BCUT2D eigenvalue weighted by atomic mass is 28.4. The van der Waals surface area contributed by atoms with Crippen molar-refractivity contribution in [3.63, 3.8) is 0 Å². The molecule has 148 valence electrons. The average Bonchev–Trinajstić information content (AvgIpc) is 2.39. The fourth-order valence-corrected chi connectivity index (χ4v) is 3.19. The van der Waals surface area contributed by atoms with E-state index in [1.54, 1.807) is 27.7 Å². The maximum Gasteiger partial charge on any atom is 0.348 e. The van der Waals surface area contributed by atoms with Crippen LogP contribution in [0.5, 0.6) is 0 Å². The molecule has 0 radical (unpaired) electrons. The molecule has 0 rings (SSSR count). The second-order valence-corrected chi connectivity index (χ2v) is 14.1. The smallest absolute Gasteiger partial charge is 0.348 e. The van der Waals surface area contributed by atoms with Gasteiger partial charge in [-0.15, -0.1) is 0 Å². The zero-order valence-corrected chi connectivity index (χ0v) is 19.0. The van der Waals surface area contributed by atoms with Gasteiger partial charge in [0.05, 0.1) is 0 Å². The molecule has 0 aromatic rings. The number of esters is 2. The van der Waals surface area contributed by atoms with Crippen LogP contribution in [-0.2, 0) is 23.5 Å². The Morgan fingerprint density at radius 3 is 1.80 bits per heavy atom. The van der Waals surface area contributed by atoms with E-state index < -0.39 is 38.1 Å². The molecule has 3 atom stereocenters. The number of hydrogen-bond donors (Lipinski definition) is 0. The van der Waals surface area contributed by atoms with Gasteiger partial charge in [0.15, 0.2) is 8.32 Å². The fraction of sp³-hybridized carbons (Fsp3) is 0.895. The van der Waals surface area contributed by atoms with E-state index in [0.29, 0.717) is 6.42 Å². The van der Waals surface area contributed by atoms with Gasteiger partial charge in [-0.3, -0.25) is 0 Å². The van der Waals surface area contributed by atoms with Crippen molar-refractivity contribution in [2.75, 3.05) is 0 Å². The van der Waals surface area contributed by atoms with E-state index in [4.69, 9.17) is 13.9 Å². The lowest BCUT2D eigenvalue weighted by molar-refractivity contribution is -0.182. The predicted octanol–water partition coefficient (Wildman–Crippen LogP) is 4.70.